The zero-order valence-electron chi connectivity index (χ0n) is 20.5. The average Bonchev–Trinajstić information content (AvgIpc) is 3.27. The average molecular weight is 533 g/mol. The molecule has 38 heavy (non-hydrogen) atoms. The van der Waals surface area contributed by atoms with Gasteiger partial charge in [-0.25, -0.2) is 0 Å². The molecule has 5 nitrogen and oxygen atoms in total. The summed E-state index contributed by atoms with van der Waals surface area (Å²) in [5.41, 5.74) is -2.42. The van der Waals surface area contributed by atoms with Gasteiger partial charge in [0.15, 0.2) is 6.61 Å². The molecule has 1 amide bonds. The number of carbonyl (C=O) groups is 1. The minimum Gasteiger partial charge on any atom is -0.484 e. The lowest BCUT2D eigenvalue weighted by Gasteiger charge is -2.37. The molecule has 0 spiro atoms. The Morgan fingerprint density at radius 3 is 1.97 bits per heavy atom. The van der Waals surface area contributed by atoms with Gasteiger partial charge in [-0.3, -0.25) is 4.79 Å². The van der Waals surface area contributed by atoms with Crippen LogP contribution >= 0.6 is 0 Å². The fourth-order valence-electron chi connectivity index (χ4n) is 4.27. The highest BCUT2D eigenvalue weighted by atomic mass is 19.4. The third-order valence-electron chi connectivity index (χ3n) is 6.62. The Balaban J connectivity index is 1.55. The number of amides is 1. The van der Waals surface area contributed by atoms with E-state index in [-0.39, 0.29) is 27.4 Å². The van der Waals surface area contributed by atoms with Gasteiger partial charge in [-0.05, 0) is 28.8 Å². The maximum atomic E-state index is 14.5. The van der Waals surface area contributed by atoms with E-state index in [9.17, 15) is 31.9 Å². The topological polar surface area (TPSA) is 62.1 Å². The van der Waals surface area contributed by atoms with E-state index in [1.165, 1.54) is 24.3 Å². The summed E-state index contributed by atoms with van der Waals surface area (Å²) in [5.74, 6) is -6.85. The lowest BCUT2D eigenvalue weighted by molar-refractivity contribution is -0.363. The van der Waals surface area contributed by atoms with E-state index in [1.54, 1.807) is 30.3 Å². The quantitative estimate of drug-likeness (QED) is 0.385. The molecule has 3 aromatic rings. The van der Waals surface area contributed by atoms with Crippen LogP contribution in [0.4, 0.5) is 22.0 Å². The largest absolute Gasteiger partial charge is 0.484 e. The van der Waals surface area contributed by atoms with Crippen LogP contribution in [0.3, 0.4) is 0 Å². The van der Waals surface area contributed by atoms with Crippen molar-refractivity contribution in [3.63, 3.8) is 0 Å². The first-order valence-electron chi connectivity index (χ1n) is 11.7. The van der Waals surface area contributed by atoms with Crippen molar-refractivity contribution in [2.45, 2.75) is 43.5 Å². The SMILES string of the molecule is CC(C)(c1ccccc1)c1ccc(OCC(=O)N2N=C(c3ccccc3)C[C@]2(O)C(F)(F)C(F)(F)F)cc1. The third-order valence-corrected chi connectivity index (χ3v) is 6.62. The van der Waals surface area contributed by atoms with E-state index in [1.807, 2.05) is 44.2 Å². The number of hydrogen-bond donors (Lipinski definition) is 1. The number of carbonyl (C=O) groups excluding carboxylic acids is 1. The fourth-order valence-corrected chi connectivity index (χ4v) is 4.27. The highest BCUT2D eigenvalue weighted by Gasteiger charge is 2.75. The monoisotopic (exact) mass is 532 g/mol. The van der Waals surface area contributed by atoms with Crippen molar-refractivity contribution in [1.82, 2.24) is 5.01 Å². The number of ether oxygens (including phenoxy) is 1. The van der Waals surface area contributed by atoms with Crippen LogP contribution in [-0.2, 0) is 10.2 Å². The summed E-state index contributed by atoms with van der Waals surface area (Å²) in [5, 5.41) is 14.1. The number of nitrogens with zero attached hydrogens (tertiary/aromatic N) is 2. The van der Waals surface area contributed by atoms with Crippen molar-refractivity contribution in [2.24, 2.45) is 5.10 Å². The van der Waals surface area contributed by atoms with Crippen LogP contribution < -0.4 is 4.74 Å². The van der Waals surface area contributed by atoms with Gasteiger partial charge in [0, 0.05) is 11.8 Å². The number of aliphatic hydroxyl groups is 1. The predicted octanol–water partition coefficient (Wildman–Crippen LogP) is 5.91. The summed E-state index contributed by atoms with van der Waals surface area (Å²) in [6.07, 6.45) is -7.36. The molecule has 0 aromatic heterocycles. The Bertz CT molecular complexity index is 1310. The molecule has 0 saturated heterocycles. The first-order chi connectivity index (χ1) is 17.8. The smallest absolute Gasteiger partial charge is 0.458 e. The standard InChI is InChI=1S/C28H25F5N2O3/c1-25(2,20-11-7-4-8-12-20)21-13-15-22(16-14-21)38-18-24(36)35-26(37,27(29,30)28(31,32)33)17-23(34-35)19-9-5-3-6-10-19/h3-16,37H,17-18H2,1-2H3/t26-/m0/s1. The maximum absolute atomic E-state index is 14.5. The van der Waals surface area contributed by atoms with Crippen LogP contribution in [0.15, 0.2) is 90.0 Å². The Kier molecular flexibility index (Phi) is 7.05. The van der Waals surface area contributed by atoms with E-state index in [0.717, 1.165) is 11.1 Å². The van der Waals surface area contributed by atoms with Gasteiger partial charge in [0.1, 0.15) is 5.75 Å². The molecule has 0 bridgehead atoms. The summed E-state index contributed by atoms with van der Waals surface area (Å²) >= 11 is 0. The number of halogens is 5. The second-order valence-corrected chi connectivity index (χ2v) is 9.49. The first-order valence-corrected chi connectivity index (χ1v) is 11.7. The van der Waals surface area contributed by atoms with Crippen molar-refractivity contribution >= 4 is 11.6 Å². The van der Waals surface area contributed by atoms with Crippen LogP contribution in [0.25, 0.3) is 0 Å². The molecule has 200 valence electrons. The molecular formula is C28H25F5N2O3. The molecule has 1 heterocycles. The van der Waals surface area contributed by atoms with Gasteiger partial charge in [0.25, 0.3) is 5.91 Å². The Labute approximate surface area is 216 Å². The summed E-state index contributed by atoms with van der Waals surface area (Å²) in [7, 11) is 0. The van der Waals surface area contributed by atoms with Crippen molar-refractivity contribution in [2.75, 3.05) is 6.61 Å². The van der Waals surface area contributed by atoms with Gasteiger partial charge < -0.3 is 9.84 Å². The molecule has 0 saturated carbocycles. The van der Waals surface area contributed by atoms with Gasteiger partial charge in [0.2, 0.25) is 5.72 Å². The van der Waals surface area contributed by atoms with E-state index in [2.05, 4.69) is 5.10 Å². The molecular weight excluding hydrogens is 507 g/mol. The van der Waals surface area contributed by atoms with Crippen molar-refractivity contribution < 1.29 is 36.6 Å². The van der Waals surface area contributed by atoms with E-state index >= 15 is 0 Å². The Hall–Kier alpha value is -3.79. The van der Waals surface area contributed by atoms with Gasteiger partial charge >= 0.3 is 12.1 Å². The van der Waals surface area contributed by atoms with Crippen LogP contribution in [0.1, 0.15) is 37.0 Å². The van der Waals surface area contributed by atoms with Crippen molar-refractivity contribution in [1.29, 1.82) is 0 Å². The molecule has 1 N–H and O–H groups in total. The van der Waals surface area contributed by atoms with Gasteiger partial charge in [-0.15, -0.1) is 0 Å². The Morgan fingerprint density at radius 1 is 0.895 bits per heavy atom. The summed E-state index contributed by atoms with van der Waals surface area (Å²) in [6.45, 7) is 3.13. The second-order valence-electron chi connectivity index (χ2n) is 9.49. The summed E-state index contributed by atoms with van der Waals surface area (Å²) in [4.78, 5) is 12.8. The molecule has 0 radical (unpaired) electrons. The number of alkyl halides is 5. The number of hydrogen-bond acceptors (Lipinski definition) is 4. The van der Waals surface area contributed by atoms with E-state index < -0.39 is 36.8 Å². The molecule has 3 aromatic carbocycles. The number of hydrazone groups is 1. The highest BCUT2D eigenvalue weighted by Crippen LogP contribution is 2.49. The molecule has 0 unspecified atom stereocenters. The van der Waals surface area contributed by atoms with Crippen LogP contribution in [0.5, 0.6) is 5.75 Å². The van der Waals surface area contributed by atoms with Gasteiger partial charge in [-0.2, -0.15) is 32.1 Å². The summed E-state index contributed by atoms with van der Waals surface area (Å²) in [6, 6.07) is 23.9. The molecule has 0 aliphatic carbocycles. The predicted molar refractivity (Wildman–Crippen MR) is 131 cm³/mol. The molecule has 1 aliphatic heterocycles. The third kappa shape index (κ3) is 4.88. The zero-order chi connectivity index (χ0) is 27.8. The second kappa shape index (κ2) is 9.83. The zero-order valence-corrected chi connectivity index (χ0v) is 20.5. The molecule has 10 heteroatoms. The molecule has 4 rings (SSSR count). The fraction of sp³-hybridized carbons (Fsp3) is 0.286. The van der Waals surface area contributed by atoms with Crippen molar-refractivity contribution in [3.8, 4) is 5.75 Å². The van der Waals surface area contributed by atoms with E-state index in [4.69, 9.17) is 4.74 Å². The molecule has 0 fully saturated rings. The van der Waals surface area contributed by atoms with Crippen molar-refractivity contribution in [3.05, 3.63) is 102 Å². The minimum absolute atomic E-state index is 0.184. The molecule has 1 atom stereocenters. The number of benzene rings is 3. The van der Waals surface area contributed by atoms with Gasteiger partial charge in [-0.1, -0.05) is 86.6 Å². The normalized spacial score (nSPS) is 18.3. The van der Waals surface area contributed by atoms with Gasteiger partial charge in [0.05, 0.1) is 5.71 Å². The Morgan fingerprint density at radius 2 is 1.42 bits per heavy atom. The number of rotatable bonds is 7. The highest BCUT2D eigenvalue weighted by molar-refractivity contribution is 6.03. The minimum atomic E-state index is -6.13. The van der Waals surface area contributed by atoms with Crippen LogP contribution in [0, 0.1) is 0 Å². The summed E-state index contributed by atoms with van der Waals surface area (Å²) < 4.78 is 74.2. The lowest BCUT2D eigenvalue weighted by atomic mass is 9.78. The lowest BCUT2D eigenvalue weighted by Crippen LogP contribution is -2.65. The first kappa shape index (κ1) is 27.3. The van der Waals surface area contributed by atoms with Crippen LogP contribution in [0.2, 0.25) is 0 Å². The van der Waals surface area contributed by atoms with E-state index in [0.29, 0.717) is 0 Å². The maximum Gasteiger partial charge on any atom is 0.458 e. The molecule has 1 aliphatic rings. The van der Waals surface area contributed by atoms with Crippen LogP contribution in [-0.4, -0.2) is 46.2 Å².